The largest absolute Gasteiger partial charge is 0.251 e. The Labute approximate surface area is 172 Å². The van der Waals surface area contributed by atoms with Crippen LogP contribution in [0.4, 0.5) is 0 Å². The number of benzene rings is 1. The standard InChI is InChI=1S/C17H37N8P3/c1-21(2)27(22(3)4)18-26(10,19-28(20-27,23(5)6)24(7)8)25(9)16-17-14-12-11-13-15-17/h11-15H,16H2,1-10H3. The molecule has 11 heteroatoms. The fraction of sp³-hybridized carbons (Fsp3) is 0.647. The van der Waals surface area contributed by atoms with Gasteiger partial charge in [-0.1, -0.05) is 30.3 Å². The van der Waals surface area contributed by atoms with Gasteiger partial charge in [0.2, 0.25) is 15.0 Å². The van der Waals surface area contributed by atoms with Gasteiger partial charge in [0.05, 0.1) is 0 Å². The average molecular weight is 446 g/mol. The molecule has 0 aliphatic carbocycles. The molecule has 0 aromatic heterocycles. The number of hydrogen-bond acceptors (Lipinski definition) is 8. The summed E-state index contributed by atoms with van der Waals surface area (Å²) in [5.41, 5.74) is 1.27. The summed E-state index contributed by atoms with van der Waals surface area (Å²) in [7, 11) is 12.2. The third-order valence-electron chi connectivity index (χ3n) is 4.87. The van der Waals surface area contributed by atoms with Gasteiger partial charge >= 0.3 is 0 Å². The van der Waals surface area contributed by atoms with Crippen molar-refractivity contribution >= 4 is 22.4 Å². The molecule has 0 N–H and O–H groups in total. The van der Waals surface area contributed by atoms with Crippen molar-refractivity contribution in [2.24, 2.45) is 13.5 Å². The van der Waals surface area contributed by atoms with Gasteiger partial charge in [0, 0.05) is 13.2 Å². The molecule has 1 aliphatic heterocycles. The van der Waals surface area contributed by atoms with Gasteiger partial charge in [-0.05, 0) is 69.0 Å². The van der Waals surface area contributed by atoms with Gasteiger partial charge < -0.3 is 0 Å². The molecule has 28 heavy (non-hydrogen) atoms. The van der Waals surface area contributed by atoms with Crippen molar-refractivity contribution in [3.8, 4) is 0 Å². The highest BCUT2D eigenvalue weighted by atomic mass is 31.3. The highest BCUT2D eigenvalue weighted by Gasteiger charge is 2.41. The zero-order chi connectivity index (χ0) is 21.3. The van der Waals surface area contributed by atoms with Crippen molar-refractivity contribution in [3.05, 3.63) is 35.9 Å². The van der Waals surface area contributed by atoms with E-state index in [1.807, 2.05) is 0 Å². The van der Waals surface area contributed by atoms with Crippen molar-refractivity contribution in [1.29, 1.82) is 0 Å². The SMILES string of the molecule is CN(Cc1ccccc1)P1(C)=NP(N(C)C)(N(C)C)=NP(N(C)C)(N(C)C)=N1. The van der Waals surface area contributed by atoms with Crippen LogP contribution in [0.15, 0.2) is 43.9 Å². The molecule has 1 aliphatic rings. The monoisotopic (exact) mass is 446 g/mol. The van der Waals surface area contributed by atoms with Gasteiger partial charge in [-0.25, -0.2) is 18.7 Å². The fourth-order valence-corrected chi connectivity index (χ4v) is 17.5. The first-order valence-electron chi connectivity index (χ1n) is 9.25. The summed E-state index contributed by atoms with van der Waals surface area (Å²) in [5.74, 6) is 0. The van der Waals surface area contributed by atoms with Gasteiger partial charge in [0.25, 0.3) is 0 Å². The van der Waals surface area contributed by atoms with Crippen LogP contribution in [0.1, 0.15) is 5.56 Å². The molecule has 1 unspecified atom stereocenters. The molecule has 0 radical (unpaired) electrons. The number of nitrogens with zero attached hydrogens (tertiary/aromatic N) is 8. The van der Waals surface area contributed by atoms with Crippen LogP contribution in [0.3, 0.4) is 0 Å². The Morgan fingerprint density at radius 1 is 0.643 bits per heavy atom. The molecule has 160 valence electrons. The highest BCUT2D eigenvalue weighted by molar-refractivity contribution is 7.83. The van der Waals surface area contributed by atoms with Gasteiger partial charge in [0.15, 0.2) is 0 Å². The normalized spacial score (nSPS) is 23.8. The quantitative estimate of drug-likeness (QED) is 0.556. The van der Waals surface area contributed by atoms with E-state index >= 15 is 0 Å². The third kappa shape index (κ3) is 4.40. The Bertz CT molecular complexity index is 802. The third-order valence-corrected chi connectivity index (χ3v) is 17.1. The van der Waals surface area contributed by atoms with Crippen molar-refractivity contribution in [2.75, 3.05) is 70.1 Å². The Morgan fingerprint density at radius 3 is 1.50 bits per heavy atom. The van der Waals surface area contributed by atoms with Crippen LogP contribution in [-0.2, 0) is 6.54 Å². The molecule has 0 bridgehead atoms. The van der Waals surface area contributed by atoms with E-state index in [0.29, 0.717) is 0 Å². The summed E-state index contributed by atoms with van der Waals surface area (Å²) in [6.07, 6.45) is 0. The van der Waals surface area contributed by atoms with Crippen molar-refractivity contribution in [1.82, 2.24) is 23.4 Å². The van der Waals surface area contributed by atoms with Crippen LogP contribution < -0.4 is 0 Å². The lowest BCUT2D eigenvalue weighted by molar-refractivity contribution is 0.526. The van der Waals surface area contributed by atoms with E-state index in [1.54, 1.807) is 0 Å². The lowest BCUT2D eigenvalue weighted by atomic mass is 10.2. The maximum Gasteiger partial charge on any atom is 0.219 e. The average Bonchev–Trinajstić information content (AvgIpc) is 2.61. The lowest BCUT2D eigenvalue weighted by Crippen LogP contribution is -2.27. The predicted molar refractivity (Wildman–Crippen MR) is 127 cm³/mol. The molecule has 8 nitrogen and oxygen atoms in total. The zero-order valence-electron chi connectivity index (χ0n) is 19.0. The molecule has 1 atom stereocenters. The fourth-order valence-electron chi connectivity index (χ4n) is 3.14. The predicted octanol–water partition coefficient (Wildman–Crippen LogP) is 4.93. The molecule has 1 aromatic rings. The van der Waals surface area contributed by atoms with Crippen molar-refractivity contribution in [3.63, 3.8) is 0 Å². The van der Waals surface area contributed by atoms with Crippen LogP contribution in [0.5, 0.6) is 0 Å². The Hall–Kier alpha value is -0.290. The first-order valence-corrected chi connectivity index (χ1v) is 14.5. The van der Waals surface area contributed by atoms with E-state index in [4.69, 9.17) is 13.5 Å². The molecular formula is C17H37N8P3. The molecule has 0 fully saturated rings. The molecular weight excluding hydrogens is 409 g/mol. The number of rotatable bonds is 7. The first-order chi connectivity index (χ1) is 12.9. The Morgan fingerprint density at radius 2 is 1.07 bits per heavy atom. The van der Waals surface area contributed by atoms with E-state index in [0.717, 1.165) is 6.54 Å². The minimum atomic E-state index is -2.25. The van der Waals surface area contributed by atoms with Gasteiger partial charge in [-0.3, -0.25) is 4.67 Å². The zero-order valence-corrected chi connectivity index (χ0v) is 21.7. The molecule has 0 saturated heterocycles. The maximum absolute atomic E-state index is 5.44. The summed E-state index contributed by atoms with van der Waals surface area (Å²) < 4.78 is 27.5. The molecule has 0 saturated carbocycles. The molecule has 1 aromatic carbocycles. The molecule has 2 rings (SSSR count). The topological polar surface area (TPSA) is 53.3 Å². The van der Waals surface area contributed by atoms with Crippen LogP contribution in [-0.4, -0.2) is 93.4 Å². The number of hydrogen-bond donors (Lipinski definition) is 0. The Kier molecular flexibility index (Phi) is 7.57. The first kappa shape index (κ1) is 24.0. The van der Waals surface area contributed by atoms with Crippen LogP contribution >= 0.6 is 22.4 Å². The second kappa shape index (κ2) is 8.83. The van der Waals surface area contributed by atoms with Gasteiger partial charge in [0.1, 0.15) is 7.36 Å². The minimum absolute atomic E-state index is 0.819. The van der Waals surface area contributed by atoms with E-state index < -0.39 is 22.4 Å². The van der Waals surface area contributed by atoms with Gasteiger partial charge in [-0.2, -0.15) is 13.5 Å². The summed E-state index contributed by atoms with van der Waals surface area (Å²) in [4.78, 5) is 0. The summed E-state index contributed by atoms with van der Waals surface area (Å²) in [5, 5.41) is 0. The van der Waals surface area contributed by atoms with Crippen LogP contribution in [0.25, 0.3) is 0 Å². The minimum Gasteiger partial charge on any atom is -0.251 e. The second-order valence-corrected chi connectivity index (χ2v) is 17.8. The maximum atomic E-state index is 5.44. The van der Waals surface area contributed by atoms with Crippen LogP contribution in [0.2, 0.25) is 0 Å². The van der Waals surface area contributed by atoms with E-state index in [-0.39, 0.29) is 0 Å². The lowest BCUT2D eigenvalue weighted by Gasteiger charge is -2.45. The molecule has 1 heterocycles. The van der Waals surface area contributed by atoms with E-state index in [1.165, 1.54) is 5.56 Å². The second-order valence-electron chi connectivity index (χ2n) is 7.90. The summed E-state index contributed by atoms with van der Waals surface area (Å²) >= 11 is 0. The van der Waals surface area contributed by atoms with Crippen molar-refractivity contribution in [2.45, 2.75) is 6.54 Å². The molecule has 0 amide bonds. The van der Waals surface area contributed by atoms with E-state index in [9.17, 15) is 0 Å². The van der Waals surface area contributed by atoms with E-state index in [2.05, 4.69) is 124 Å². The summed E-state index contributed by atoms with van der Waals surface area (Å²) in [6.45, 7) is 3.05. The van der Waals surface area contributed by atoms with Crippen molar-refractivity contribution < 1.29 is 0 Å². The van der Waals surface area contributed by atoms with Gasteiger partial charge in [-0.15, -0.1) is 0 Å². The highest BCUT2D eigenvalue weighted by Crippen LogP contribution is 2.80. The Balaban J connectivity index is 2.78. The molecule has 0 spiro atoms. The van der Waals surface area contributed by atoms with Crippen LogP contribution in [0, 0.1) is 0 Å². The smallest absolute Gasteiger partial charge is 0.219 e. The summed E-state index contributed by atoms with van der Waals surface area (Å²) in [6, 6.07) is 10.6.